The lowest BCUT2D eigenvalue weighted by molar-refractivity contribution is 1.18. The number of fused-ring (bicyclic) bond motifs is 3. The Hall–Kier alpha value is -6.52. The molecule has 61 heavy (non-hydrogen) atoms. The minimum Gasteiger partial charge on any atom is -0.309 e. The molecule has 0 fully saturated rings. The Kier molecular flexibility index (Phi) is 11.4. The van der Waals surface area contributed by atoms with Gasteiger partial charge in [0.15, 0.2) is 0 Å². The van der Waals surface area contributed by atoms with Crippen molar-refractivity contribution in [3.8, 4) is 27.9 Å². The summed E-state index contributed by atoms with van der Waals surface area (Å²) in [7, 11) is -1.21. The Morgan fingerprint density at radius 2 is 0.607 bits per heavy atom. The van der Waals surface area contributed by atoms with E-state index in [9.17, 15) is 0 Å². The molecule has 9 aromatic carbocycles. The molecule has 0 N–H and O–H groups in total. The molecule has 3 heteroatoms. The van der Waals surface area contributed by atoms with Crippen molar-refractivity contribution in [2.45, 2.75) is 32.8 Å². The molecule has 0 atom stereocenters. The minimum absolute atomic E-state index is 0.605. The van der Waals surface area contributed by atoms with Crippen LogP contribution < -0.4 is 0 Å². The Morgan fingerprint density at radius 3 is 0.984 bits per heavy atom. The van der Waals surface area contributed by atoms with E-state index < -0.39 is 21.8 Å². The molecule has 0 saturated heterocycles. The topological polar surface area (TPSA) is 4.93 Å². The lowest BCUT2D eigenvalue weighted by Gasteiger charge is -2.27. The monoisotopic (exact) mass is 823 g/mol. The summed E-state index contributed by atoms with van der Waals surface area (Å²) in [6.45, 7) is 0. The summed E-state index contributed by atoms with van der Waals surface area (Å²) in [5.41, 5.74) is 14.3. The molecule has 10 aromatic rings. The molecule has 0 spiro atoms. The Labute approximate surface area is 365 Å². The lowest BCUT2D eigenvalue weighted by Crippen LogP contribution is -2.00. The molecular formula is C58H49NS2. The summed E-state index contributed by atoms with van der Waals surface area (Å²) < 4.78 is 2.50. The Morgan fingerprint density at radius 1 is 0.295 bits per heavy atom. The van der Waals surface area contributed by atoms with E-state index in [0.29, 0.717) is 0 Å². The smallest absolute Gasteiger partial charge is 0.0541 e. The van der Waals surface area contributed by atoms with Crippen LogP contribution in [0.4, 0.5) is 0 Å². The van der Waals surface area contributed by atoms with E-state index in [1.165, 1.54) is 81.8 Å². The molecule has 1 nitrogen and oxygen atoms in total. The number of nitrogens with zero attached hydrogens (tertiary/aromatic N) is 1. The quantitative estimate of drug-likeness (QED) is 0.107. The minimum atomic E-state index is -0.605. The molecule has 298 valence electrons. The molecule has 0 saturated carbocycles. The van der Waals surface area contributed by atoms with Crippen LogP contribution in [0.1, 0.15) is 22.3 Å². The van der Waals surface area contributed by atoms with Gasteiger partial charge in [-0.15, -0.1) is 0 Å². The fourth-order valence-electron chi connectivity index (χ4n) is 8.91. The predicted octanol–water partition coefficient (Wildman–Crippen LogP) is 15.6. The van der Waals surface area contributed by atoms with Crippen molar-refractivity contribution in [3.63, 3.8) is 0 Å². The van der Waals surface area contributed by atoms with Crippen LogP contribution >= 0.6 is 21.8 Å². The molecule has 0 unspecified atom stereocenters. The van der Waals surface area contributed by atoms with Crippen molar-refractivity contribution in [3.05, 3.63) is 259 Å². The summed E-state index contributed by atoms with van der Waals surface area (Å²) in [6, 6.07) is 88.0. The zero-order chi connectivity index (χ0) is 40.8. The van der Waals surface area contributed by atoms with Crippen molar-refractivity contribution in [2.75, 3.05) is 0 Å². The van der Waals surface area contributed by atoms with Gasteiger partial charge >= 0.3 is 0 Å². The van der Waals surface area contributed by atoms with E-state index in [4.69, 9.17) is 0 Å². The van der Waals surface area contributed by atoms with Gasteiger partial charge < -0.3 is 4.57 Å². The third-order valence-corrected chi connectivity index (χ3v) is 16.9. The second kappa shape index (κ2) is 18.0. The van der Waals surface area contributed by atoms with E-state index >= 15 is 0 Å². The molecule has 0 aliphatic heterocycles. The molecule has 1 heterocycles. The Bertz CT molecular complexity index is 2750. The van der Waals surface area contributed by atoms with Crippen molar-refractivity contribution in [2.24, 2.45) is 0 Å². The summed E-state index contributed by atoms with van der Waals surface area (Å²) in [4.78, 5) is 2.89. The van der Waals surface area contributed by atoms with Crippen LogP contribution in [-0.2, 0) is 23.0 Å². The highest BCUT2D eigenvalue weighted by molar-refractivity contribution is 8.16. The summed E-state index contributed by atoms with van der Waals surface area (Å²) in [5, 5.41) is 2.55. The van der Waals surface area contributed by atoms with E-state index in [-0.39, 0.29) is 0 Å². The molecule has 0 radical (unpaired) electrons. The van der Waals surface area contributed by atoms with Gasteiger partial charge in [0.1, 0.15) is 0 Å². The summed E-state index contributed by atoms with van der Waals surface area (Å²) in [5.74, 6) is 4.09. The van der Waals surface area contributed by atoms with Gasteiger partial charge in [0.25, 0.3) is 0 Å². The highest BCUT2D eigenvalue weighted by Crippen LogP contribution is 2.51. The van der Waals surface area contributed by atoms with E-state index in [1.807, 2.05) is 0 Å². The fraction of sp³-hybridized carbons (Fsp3) is 0.0690. The second-order valence-electron chi connectivity index (χ2n) is 15.8. The maximum Gasteiger partial charge on any atom is 0.0541 e. The van der Waals surface area contributed by atoms with Crippen molar-refractivity contribution >= 4 is 43.6 Å². The van der Waals surface area contributed by atoms with Gasteiger partial charge in [-0.05, 0) is 96.8 Å². The first kappa shape index (κ1) is 38.7. The lowest BCUT2D eigenvalue weighted by atomic mass is 9.97. The van der Waals surface area contributed by atoms with Gasteiger partial charge in [-0.3, -0.25) is 0 Å². The van der Waals surface area contributed by atoms with Crippen LogP contribution in [-0.4, -0.2) is 4.57 Å². The van der Waals surface area contributed by atoms with Gasteiger partial charge in [-0.2, -0.15) is 0 Å². The SMILES string of the molecule is c1ccc(C[SH](Cc2ccccc2)c2ccccc2-c2cc(-c3ccccc3[SH](Cc3ccccc3)Cc3ccccc3)cc(-n3c4ccccc4c4ccccc43)c2)cc1. The van der Waals surface area contributed by atoms with E-state index in [2.05, 4.69) is 241 Å². The first-order chi connectivity index (χ1) is 30.2. The normalized spacial score (nSPS) is 11.8. The molecule has 1 aromatic heterocycles. The zero-order valence-electron chi connectivity index (χ0n) is 34.2. The van der Waals surface area contributed by atoms with Crippen molar-refractivity contribution < 1.29 is 0 Å². The largest absolute Gasteiger partial charge is 0.309 e. The maximum atomic E-state index is 2.50. The van der Waals surface area contributed by atoms with Gasteiger partial charge in [-0.25, -0.2) is 21.8 Å². The fourth-order valence-corrected chi connectivity index (χ4v) is 14.1. The van der Waals surface area contributed by atoms with Crippen LogP contribution in [0.3, 0.4) is 0 Å². The van der Waals surface area contributed by atoms with E-state index in [0.717, 1.165) is 23.0 Å². The van der Waals surface area contributed by atoms with Crippen LogP contribution in [0, 0.1) is 0 Å². The van der Waals surface area contributed by atoms with Crippen LogP contribution in [0.15, 0.2) is 246 Å². The first-order valence-corrected chi connectivity index (χ1v) is 24.7. The van der Waals surface area contributed by atoms with Crippen LogP contribution in [0.25, 0.3) is 49.7 Å². The van der Waals surface area contributed by atoms with Gasteiger partial charge in [0.05, 0.1) is 11.0 Å². The van der Waals surface area contributed by atoms with Gasteiger partial charge in [0, 0.05) is 39.5 Å². The highest BCUT2D eigenvalue weighted by Gasteiger charge is 2.21. The number of thiol groups is 2. The number of hydrogen-bond donors (Lipinski definition) is 2. The zero-order valence-corrected chi connectivity index (χ0v) is 36.0. The third kappa shape index (κ3) is 8.45. The molecule has 0 amide bonds. The van der Waals surface area contributed by atoms with Crippen LogP contribution in [0.2, 0.25) is 0 Å². The molecule has 0 bridgehead atoms. The number of para-hydroxylation sites is 2. The first-order valence-electron chi connectivity index (χ1n) is 21.2. The maximum absolute atomic E-state index is 2.50. The molecule has 0 aliphatic carbocycles. The average molecular weight is 824 g/mol. The molecular weight excluding hydrogens is 775 g/mol. The summed E-state index contributed by atoms with van der Waals surface area (Å²) >= 11 is 0. The number of rotatable bonds is 13. The number of hydrogen-bond acceptors (Lipinski definition) is 0. The van der Waals surface area contributed by atoms with Gasteiger partial charge in [0.2, 0.25) is 0 Å². The predicted molar refractivity (Wildman–Crippen MR) is 267 cm³/mol. The molecule has 0 aliphatic rings. The summed E-state index contributed by atoms with van der Waals surface area (Å²) in [6.07, 6.45) is 0. The number of benzene rings is 9. The van der Waals surface area contributed by atoms with Gasteiger partial charge in [-0.1, -0.05) is 194 Å². The number of aromatic nitrogens is 1. The second-order valence-corrected chi connectivity index (χ2v) is 20.2. The highest BCUT2D eigenvalue weighted by atomic mass is 32.2. The third-order valence-electron chi connectivity index (χ3n) is 11.7. The van der Waals surface area contributed by atoms with Crippen molar-refractivity contribution in [1.82, 2.24) is 4.57 Å². The van der Waals surface area contributed by atoms with Crippen LogP contribution in [0.5, 0.6) is 0 Å². The average Bonchev–Trinajstić information content (AvgIpc) is 3.67. The standard InChI is InChI=1S/C58H49NS2/c1-5-21-44(22-6-1)40-60(41-45-23-7-2-8-24-45)57-35-19-15-29-51(57)48-37-49(39-50(38-48)59-55-33-17-13-31-53(55)54-32-14-18-34-56(54)59)52-30-16-20-36-58(52)61(42-46-25-9-3-10-26-46)43-47-27-11-4-12-28-47/h1-39,60-61H,40-43H2. The van der Waals surface area contributed by atoms with E-state index in [1.54, 1.807) is 0 Å². The molecule has 10 rings (SSSR count). The van der Waals surface area contributed by atoms with Crippen molar-refractivity contribution in [1.29, 1.82) is 0 Å². The Balaban J connectivity index is 1.19.